The third-order valence-electron chi connectivity index (χ3n) is 3.31. The Hall–Kier alpha value is -2.47. The van der Waals surface area contributed by atoms with E-state index in [0.717, 1.165) is 17.3 Å². The number of aromatic nitrogens is 5. The Morgan fingerprint density at radius 3 is 2.56 bits per heavy atom. The number of carbonyl (C=O) groups is 1. The second-order valence-corrected chi connectivity index (χ2v) is 7.08. The summed E-state index contributed by atoms with van der Waals surface area (Å²) in [5.74, 6) is 0.130. The molecule has 0 unspecified atom stereocenters. The Balaban J connectivity index is 1.64. The lowest BCUT2D eigenvalue weighted by Crippen LogP contribution is -2.14. The van der Waals surface area contributed by atoms with Crippen LogP contribution in [0.5, 0.6) is 0 Å². The summed E-state index contributed by atoms with van der Waals surface area (Å²) in [5, 5.41) is 16.2. The van der Waals surface area contributed by atoms with Crippen molar-refractivity contribution in [3.63, 3.8) is 0 Å². The molecule has 7 nitrogen and oxygen atoms in total. The van der Waals surface area contributed by atoms with Gasteiger partial charge in [-0.25, -0.2) is 0 Å². The second kappa shape index (κ2) is 8.05. The van der Waals surface area contributed by atoms with Gasteiger partial charge < -0.3 is 4.57 Å². The fourth-order valence-electron chi connectivity index (χ4n) is 2.16. The number of hydrogen-bond donors (Lipinski definition) is 1. The van der Waals surface area contributed by atoms with Crippen LogP contribution in [-0.2, 0) is 17.5 Å². The monoisotopic (exact) mass is 414 g/mol. The van der Waals surface area contributed by atoms with E-state index in [1.807, 2.05) is 41.8 Å². The first-order chi connectivity index (χ1) is 12.9. The number of rotatable bonds is 6. The van der Waals surface area contributed by atoms with Crippen molar-refractivity contribution in [2.75, 3.05) is 11.1 Å². The molecular weight excluding hydrogens is 401 g/mol. The van der Waals surface area contributed by atoms with Crippen LogP contribution >= 0.6 is 23.1 Å². The fourth-order valence-corrected chi connectivity index (χ4v) is 3.58. The molecule has 3 rings (SSSR count). The summed E-state index contributed by atoms with van der Waals surface area (Å²) in [7, 11) is 0. The Bertz CT molecular complexity index is 925. The zero-order valence-electron chi connectivity index (χ0n) is 13.9. The van der Waals surface area contributed by atoms with E-state index in [0.29, 0.717) is 17.5 Å². The van der Waals surface area contributed by atoms with Crippen molar-refractivity contribution in [1.82, 2.24) is 25.0 Å². The van der Waals surface area contributed by atoms with E-state index in [1.165, 1.54) is 0 Å². The molecule has 3 aromatic rings. The van der Waals surface area contributed by atoms with Gasteiger partial charge in [0.1, 0.15) is 0 Å². The summed E-state index contributed by atoms with van der Waals surface area (Å²) in [5.41, 5.74) is 0.900. The number of benzene rings is 1. The maximum absolute atomic E-state index is 12.5. The lowest BCUT2D eigenvalue weighted by Gasteiger charge is -2.07. The van der Waals surface area contributed by atoms with Crippen LogP contribution in [0.4, 0.5) is 18.3 Å². The largest absolute Gasteiger partial charge is 0.445 e. The number of halogens is 3. The van der Waals surface area contributed by atoms with Crippen LogP contribution in [0, 0.1) is 0 Å². The van der Waals surface area contributed by atoms with Crippen molar-refractivity contribution in [2.24, 2.45) is 0 Å². The molecule has 0 saturated carbocycles. The van der Waals surface area contributed by atoms with E-state index in [4.69, 9.17) is 0 Å². The number of alkyl halides is 3. The zero-order valence-corrected chi connectivity index (χ0v) is 15.5. The van der Waals surface area contributed by atoms with Crippen molar-refractivity contribution in [2.45, 2.75) is 24.8 Å². The van der Waals surface area contributed by atoms with E-state index in [9.17, 15) is 18.0 Å². The highest BCUT2D eigenvalue weighted by Gasteiger charge is 2.35. The van der Waals surface area contributed by atoms with Gasteiger partial charge in [-0.1, -0.05) is 53.4 Å². The fraction of sp³-hybridized carbons (Fsp3) is 0.267. The van der Waals surface area contributed by atoms with Crippen LogP contribution in [0.15, 0.2) is 35.5 Å². The van der Waals surface area contributed by atoms with Gasteiger partial charge in [0.25, 0.3) is 0 Å². The lowest BCUT2D eigenvalue weighted by molar-refractivity contribution is -0.138. The predicted octanol–water partition coefficient (Wildman–Crippen LogP) is 3.57. The highest BCUT2D eigenvalue weighted by Crippen LogP contribution is 2.33. The van der Waals surface area contributed by atoms with Crippen LogP contribution in [0.2, 0.25) is 0 Å². The van der Waals surface area contributed by atoms with E-state index in [1.54, 1.807) is 0 Å². The highest BCUT2D eigenvalue weighted by molar-refractivity contribution is 7.99. The van der Waals surface area contributed by atoms with E-state index >= 15 is 0 Å². The molecule has 1 N–H and O–H groups in total. The van der Waals surface area contributed by atoms with Crippen LogP contribution in [0.25, 0.3) is 11.4 Å². The summed E-state index contributed by atoms with van der Waals surface area (Å²) in [6, 6.07) is 9.49. The first-order valence-corrected chi connectivity index (χ1v) is 9.50. The number of hydrogen-bond acceptors (Lipinski definition) is 7. The van der Waals surface area contributed by atoms with Crippen molar-refractivity contribution < 1.29 is 18.0 Å². The minimum Gasteiger partial charge on any atom is -0.302 e. The molecule has 0 aliphatic heterocycles. The standard InChI is InChI=1S/C15H13F3N6OS2/c1-2-24-11(9-6-4-3-5-7-9)20-23-14(24)26-8-10(25)19-13-22-21-12(27-13)15(16,17)18/h3-7H,2,8H2,1H3,(H,19,22,25). The predicted molar refractivity (Wildman–Crippen MR) is 95.4 cm³/mol. The maximum atomic E-state index is 12.5. The number of nitrogens with one attached hydrogen (secondary N) is 1. The van der Waals surface area contributed by atoms with Gasteiger partial charge in [-0.3, -0.25) is 10.1 Å². The van der Waals surface area contributed by atoms with Gasteiger partial charge >= 0.3 is 6.18 Å². The molecule has 2 heterocycles. The Labute approximate surface area is 160 Å². The third kappa shape index (κ3) is 4.63. The first kappa shape index (κ1) is 19.3. The average Bonchev–Trinajstić information content (AvgIpc) is 3.27. The normalized spacial score (nSPS) is 11.6. The molecular formula is C15H13F3N6OS2. The Morgan fingerprint density at radius 1 is 1.19 bits per heavy atom. The number of anilines is 1. The van der Waals surface area contributed by atoms with Crippen LogP contribution in [0.1, 0.15) is 11.9 Å². The van der Waals surface area contributed by atoms with E-state index < -0.39 is 17.1 Å². The molecule has 1 amide bonds. The maximum Gasteiger partial charge on any atom is 0.445 e. The number of thioether (sulfide) groups is 1. The number of nitrogens with zero attached hydrogens (tertiary/aromatic N) is 5. The molecule has 27 heavy (non-hydrogen) atoms. The van der Waals surface area contributed by atoms with Crippen LogP contribution in [0.3, 0.4) is 0 Å². The van der Waals surface area contributed by atoms with E-state index in [-0.39, 0.29) is 22.2 Å². The molecule has 1 aromatic carbocycles. The molecule has 0 aliphatic carbocycles. The van der Waals surface area contributed by atoms with Gasteiger partial charge in [0, 0.05) is 12.1 Å². The van der Waals surface area contributed by atoms with Gasteiger partial charge in [0.2, 0.25) is 16.0 Å². The smallest absolute Gasteiger partial charge is 0.302 e. The summed E-state index contributed by atoms with van der Waals surface area (Å²) in [6.45, 7) is 2.53. The second-order valence-electron chi connectivity index (χ2n) is 5.16. The van der Waals surface area contributed by atoms with Crippen molar-refractivity contribution in [3.05, 3.63) is 35.3 Å². The minimum absolute atomic E-state index is 0.0478. The van der Waals surface area contributed by atoms with Gasteiger partial charge in [-0.15, -0.1) is 20.4 Å². The number of amides is 1. The van der Waals surface area contributed by atoms with Crippen molar-refractivity contribution in [3.8, 4) is 11.4 Å². The van der Waals surface area contributed by atoms with Crippen LogP contribution in [-0.4, -0.2) is 36.6 Å². The van der Waals surface area contributed by atoms with Gasteiger partial charge in [0.05, 0.1) is 5.75 Å². The summed E-state index contributed by atoms with van der Waals surface area (Å²) < 4.78 is 39.4. The molecule has 0 spiro atoms. The van der Waals surface area contributed by atoms with Gasteiger partial charge in [-0.05, 0) is 6.92 Å². The first-order valence-electron chi connectivity index (χ1n) is 7.70. The lowest BCUT2D eigenvalue weighted by atomic mass is 10.2. The van der Waals surface area contributed by atoms with Crippen molar-refractivity contribution >= 4 is 34.1 Å². The molecule has 0 bridgehead atoms. The molecule has 0 atom stereocenters. The SMILES string of the molecule is CCn1c(SCC(=O)Nc2nnc(C(F)(F)F)s2)nnc1-c1ccccc1. The summed E-state index contributed by atoms with van der Waals surface area (Å²) in [4.78, 5) is 12.0. The molecule has 0 saturated heterocycles. The Morgan fingerprint density at radius 2 is 1.93 bits per heavy atom. The summed E-state index contributed by atoms with van der Waals surface area (Å²) in [6.07, 6.45) is -4.58. The number of carbonyl (C=O) groups excluding carboxylic acids is 1. The summed E-state index contributed by atoms with van der Waals surface area (Å²) >= 11 is 1.42. The van der Waals surface area contributed by atoms with Gasteiger partial charge in [-0.2, -0.15) is 13.2 Å². The average molecular weight is 414 g/mol. The minimum atomic E-state index is -4.58. The third-order valence-corrected chi connectivity index (χ3v) is 5.16. The molecule has 0 fully saturated rings. The highest BCUT2D eigenvalue weighted by atomic mass is 32.2. The van der Waals surface area contributed by atoms with Crippen molar-refractivity contribution in [1.29, 1.82) is 0 Å². The Kier molecular flexibility index (Phi) is 5.75. The molecule has 0 aliphatic rings. The molecule has 2 aromatic heterocycles. The zero-order chi connectivity index (χ0) is 19.4. The molecule has 12 heteroatoms. The quantitative estimate of drug-likeness (QED) is 0.621. The molecule has 0 radical (unpaired) electrons. The van der Waals surface area contributed by atoms with Crippen LogP contribution < -0.4 is 5.32 Å². The molecule has 142 valence electrons. The van der Waals surface area contributed by atoms with Gasteiger partial charge in [0.15, 0.2) is 11.0 Å². The van der Waals surface area contributed by atoms with E-state index in [2.05, 4.69) is 25.7 Å². The topological polar surface area (TPSA) is 85.6 Å².